The summed E-state index contributed by atoms with van der Waals surface area (Å²) in [5.41, 5.74) is 9.88. The Morgan fingerprint density at radius 3 is 1.63 bits per heavy atom. The van der Waals surface area contributed by atoms with Gasteiger partial charge in [-0.05, 0) is 63.1 Å². The van der Waals surface area contributed by atoms with Crippen molar-refractivity contribution in [2.45, 2.75) is 67.0 Å². The summed E-state index contributed by atoms with van der Waals surface area (Å²) >= 11 is 0. The van der Waals surface area contributed by atoms with E-state index in [-0.39, 0.29) is 11.8 Å². The Bertz CT molecular complexity index is 2710. The average Bonchev–Trinajstić information content (AvgIpc) is 3.98. The summed E-state index contributed by atoms with van der Waals surface area (Å²) in [6, 6.07) is 16.2. The number of hydrogen-bond donors (Lipinski definition) is 0. The zero-order valence-corrected chi connectivity index (χ0v) is 35.7. The Hall–Kier alpha value is -5.68. The number of allylic oxidation sites excluding steroid dienone is 2. The van der Waals surface area contributed by atoms with Gasteiger partial charge in [0.25, 0.3) is 11.8 Å². The lowest BCUT2D eigenvalue weighted by atomic mass is 10.1. The molecule has 8 rings (SSSR count). The molecule has 16 nitrogen and oxygen atoms in total. The van der Waals surface area contributed by atoms with Crippen molar-refractivity contribution in [2.75, 3.05) is 52.6 Å². The van der Waals surface area contributed by atoms with Crippen LogP contribution in [0.15, 0.2) is 70.7 Å². The van der Waals surface area contributed by atoms with Crippen molar-refractivity contribution in [1.82, 2.24) is 47.6 Å². The normalized spacial score (nSPS) is 16.4. The number of fused-ring (bicyclic) bond motifs is 2. The van der Waals surface area contributed by atoms with Crippen molar-refractivity contribution < 1.29 is 19.1 Å². The summed E-state index contributed by atoms with van der Waals surface area (Å²) in [6.07, 6.45) is 4.22. The lowest BCUT2D eigenvalue weighted by Gasteiger charge is -2.27. The molecule has 4 aromatic heterocycles. The van der Waals surface area contributed by atoms with Crippen LogP contribution in [0, 0.1) is 13.8 Å². The number of imidazole rings is 2. The molecule has 2 fully saturated rings. The van der Waals surface area contributed by atoms with Crippen LogP contribution in [0.5, 0.6) is 0 Å². The van der Waals surface area contributed by atoms with Crippen LogP contribution in [0.3, 0.4) is 0 Å². The molecule has 0 unspecified atom stereocenters. The number of ether oxygens (including phenoxy) is 2. The van der Waals surface area contributed by atoms with Crippen LogP contribution < -0.4 is 11.2 Å². The molecule has 0 aliphatic carbocycles. The topological polar surface area (TPSA) is 139 Å². The Kier molecular flexibility index (Phi) is 12.2. The Morgan fingerprint density at radius 1 is 0.650 bits per heavy atom. The predicted molar refractivity (Wildman–Crippen MR) is 228 cm³/mol. The van der Waals surface area contributed by atoms with Gasteiger partial charge in [-0.25, -0.2) is 0 Å². The van der Waals surface area contributed by atoms with Gasteiger partial charge < -0.3 is 27.7 Å². The number of morpholine rings is 2. The van der Waals surface area contributed by atoms with Gasteiger partial charge in [-0.15, -0.1) is 0 Å². The molecule has 2 aromatic carbocycles. The van der Waals surface area contributed by atoms with E-state index in [0.29, 0.717) is 75.2 Å². The molecule has 60 heavy (non-hydrogen) atoms. The van der Waals surface area contributed by atoms with Gasteiger partial charge in [-0.2, -0.15) is 20.2 Å². The van der Waals surface area contributed by atoms with Crippen LogP contribution >= 0.6 is 0 Å². The van der Waals surface area contributed by atoms with Crippen molar-refractivity contribution in [2.24, 2.45) is 24.1 Å². The summed E-state index contributed by atoms with van der Waals surface area (Å²) < 4.78 is 23.0. The molecule has 0 radical (unpaired) electrons. The first kappa shape index (κ1) is 41.1. The van der Waals surface area contributed by atoms with E-state index in [2.05, 4.69) is 77.7 Å². The van der Waals surface area contributed by atoms with Gasteiger partial charge >= 0.3 is 0 Å². The van der Waals surface area contributed by atoms with Crippen molar-refractivity contribution in [3.63, 3.8) is 0 Å². The van der Waals surface area contributed by atoms with E-state index in [1.807, 2.05) is 50.9 Å². The zero-order chi connectivity index (χ0) is 41.9. The van der Waals surface area contributed by atoms with E-state index in [9.17, 15) is 9.59 Å². The van der Waals surface area contributed by atoms with E-state index < -0.39 is 0 Å². The summed E-state index contributed by atoms with van der Waals surface area (Å²) in [5.74, 6) is -0.684. The molecular weight excluding hydrogens is 761 g/mol. The number of nitrogens with zero attached hydrogens (tertiary/aromatic N) is 12. The summed E-state index contributed by atoms with van der Waals surface area (Å²) in [7, 11) is 3.95. The highest BCUT2D eigenvalue weighted by Gasteiger charge is 2.21. The van der Waals surface area contributed by atoms with Crippen LogP contribution in [-0.4, -0.2) is 112 Å². The second-order valence-electron chi connectivity index (χ2n) is 15.6. The first-order chi connectivity index (χ1) is 29.1. The number of benzene rings is 2. The maximum atomic E-state index is 13.9. The maximum absolute atomic E-state index is 13.9. The molecule has 0 saturated carbocycles. The summed E-state index contributed by atoms with van der Waals surface area (Å²) in [6.45, 7) is 17.5. The van der Waals surface area contributed by atoms with Crippen LogP contribution in [-0.2, 0) is 62.8 Å². The molecule has 0 atom stereocenters. The van der Waals surface area contributed by atoms with Gasteiger partial charge in [-0.1, -0.05) is 36.4 Å². The fraction of sp³-hybridized carbons (Fsp3) is 0.455. The predicted octanol–water partition coefficient (Wildman–Crippen LogP) is 3.73. The fourth-order valence-corrected chi connectivity index (χ4v) is 8.57. The number of para-hydroxylation sites is 2. The number of aromatic nitrogens is 8. The SMILES string of the molecule is CCn1nc(C)cc1C(=O)/N=c1\n(C)c2c(CN3CCOCC3)cccc2n1C/C=C/Cn1/c(=N/C(=O)c2cc(C)nn2CC)n(C)c2cccc(CN3CCOCC3)c21. The van der Waals surface area contributed by atoms with Gasteiger partial charge in [0.15, 0.2) is 0 Å². The van der Waals surface area contributed by atoms with E-state index in [1.54, 1.807) is 21.5 Å². The Morgan fingerprint density at radius 2 is 1.12 bits per heavy atom. The molecule has 0 spiro atoms. The molecule has 16 heteroatoms. The van der Waals surface area contributed by atoms with Crippen molar-refractivity contribution >= 4 is 33.9 Å². The van der Waals surface area contributed by atoms with Crippen molar-refractivity contribution in [3.05, 3.63) is 106 Å². The van der Waals surface area contributed by atoms with Crippen LogP contribution in [0.2, 0.25) is 0 Å². The molecule has 2 aliphatic rings. The quantitative estimate of drug-likeness (QED) is 0.171. The van der Waals surface area contributed by atoms with Crippen LogP contribution in [0.1, 0.15) is 57.3 Å². The molecule has 2 amide bonds. The highest BCUT2D eigenvalue weighted by molar-refractivity contribution is 5.94. The monoisotopic (exact) mass is 816 g/mol. The number of rotatable bonds is 12. The van der Waals surface area contributed by atoms with Gasteiger partial charge in [0.1, 0.15) is 11.4 Å². The standard InChI is InChI=1S/C44H56N12O4/c1-7-55-37(27-31(3)47-55)41(57)45-43-49(5)35-15-11-14-34(30-52-21-25-60-26-22-52)40(35)54(43)18-10-9-17-53-36-16-12-13-33(29-51-19-23-59-24-20-51)39(36)50(6)44(53)46-42(58)38-28-32(4)48-56(38)8-2/h9-16,27-28H,7-8,17-26,29-30H2,1-6H3/b10-9+,45-43+,46-44+. The summed E-state index contributed by atoms with van der Waals surface area (Å²) in [4.78, 5) is 42.2. The van der Waals surface area contributed by atoms with Gasteiger partial charge in [0.2, 0.25) is 11.2 Å². The van der Waals surface area contributed by atoms with Crippen LogP contribution in [0.25, 0.3) is 22.1 Å². The van der Waals surface area contributed by atoms with E-state index in [0.717, 1.165) is 83.9 Å². The van der Waals surface area contributed by atoms with E-state index >= 15 is 0 Å². The zero-order valence-electron chi connectivity index (χ0n) is 35.7. The second kappa shape index (κ2) is 17.9. The van der Waals surface area contributed by atoms with E-state index in [4.69, 9.17) is 19.5 Å². The number of hydrogen-bond acceptors (Lipinski definition) is 8. The number of amides is 2. The lowest BCUT2D eigenvalue weighted by Crippen LogP contribution is -2.35. The third-order valence-corrected chi connectivity index (χ3v) is 11.5. The molecule has 2 aliphatic heterocycles. The highest BCUT2D eigenvalue weighted by atomic mass is 16.5. The third-order valence-electron chi connectivity index (χ3n) is 11.5. The molecule has 2 saturated heterocycles. The molecule has 0 N–H and O–H groups in total. The minimum absolute atomic E-state index is 0.342. The highest BCUT2D eigenvalue weighted by Crippen LogP contribution is 2.23. The van der Waals surface area contributed by atoms with E-state index in [1.165, 1.54) is 0 Å². The molecule has 6 aromatic rings. The number of aryl methyl sites for hydroxylation is 6. The van der Waals surface area contributed by atoms with Gasteiger partial charge in [-0.3, -0.25) is 28.8 Å². The fourth-order valence-electron chi connectivity index (χ4n) is 8.57. The largest absolute Gasteiger partial charge is 0.379 e. The second-order valence-corrected chi connectivity index (χ2v) is 15.6. The minimum Gasteiger partial charge on any atom is -0.379 e. The molecular formula is C44H56N12O4. The molecule has 316 valence electrons. The average molecular weight is 817 g/mol. The maximum Gasteiger partial charge on any atom is 0.298 e. The van der Waals surface area contributed by atoms with Crippen molar-refractivity contribution in [1.29, 1.82) is 0 Å². The first-order valence-electron chi connectivity index (χ1n) is 21.0. The first-order valence-corrected chi connectivity index (χ1v) is 21.0. The number of carbonyl (C=O) groups excluding carboxylic acids is 2. The smallest absolute Gasteiger partial charge is 0.298 e. The van der Waals surface area contributed by atoms with Crippen molar-refractivity contribution in [3.8, 4) is 0 Å². The third kappa shape index (κ3) is 8.24. The summed E-state index contributed by atoms with van der Waals surface area (Å²) in [5, 5.41) is 9.02. The number of carbonyl (C=O) groups is 2. The Balaban J connectivity index is 1.21. The minimum atomic E-state index is -0.342. The lowest BCUT2D eigenvalue weighted by molar-refractivity contribution is 0.0342. The van der Waals surface area contributed by atoms with Gasteiger partial charge in [0.05, 0.1) is 59.9 Å². The van der Waals surface area contributed by atoms with Gasteiger partial charge in [0, 0.05) is 79.5 Å². The molecule has 6 heterocycles. The van der Waals surface area contributed by atoms with Crippen LogP contribution in [0.4, 0.5) is 0 Å². The molecule has 0 bridgehead atoms. The Labute approximate surface area is 349 Å².